The van der Waals surface area contributed by atoms with Crippen LogP contribution in [-0.4, -0.2) is 6.67 Å². The van der Waals surface area contributed by atoms with Gasteiger partial charge in [0.15, 0.2) is 0 Å². The van der Waals surface area contributed by atoms with Gasteiger partial charge in [-0.3, -0.25) is 0 Å². The summed E-state index contributed by atoms with van der Waals surface area (Å²) in [5, 5.41) is 6.35. The molecule has 2 nitrogen and oxygen atoms in total. The van der Waals surface area contributed by atoms with Gasteiger partial charge in [-0.1, -0.05) is 20.8 Å². The molecule has 0 radical (unpaired) electrons. The van der Waals surface area contributed by atoms with E-state index in [0.29, 0.717) is 0 Å². The highest BCUT2D eigenvalue weighted by Crippen LogP contribution is 2.22. The molecule has 0 bridgehead atoms. The first-order valence-electron chi connectivity index (χ1n) is 3.28. The average Bonchev–Trinajstić information content (AvgIpc) is 2.08. The van der Waals surface area contributed by atoms with Crippen molar-refractivity contribution in [1.82, 2.24) is 10.6 Å². The van der Waals surface area contributed by atoms with E-state index in [2.05, 4.69) is 31.4 Å². The Labute approximate surface area is 56.3 Å². The lowest BCUT2D eigenvalue weighted by Gasteiger charge is -2.19. The first-order valence-corrected chi connectivity index (χ1v) is 3.28. The second-order valence-corrected chi connectivity index (χ2v) is 3.37. The Balaban J connectivity index is 2.61. The Morgan fingerprint density at radius 2 is 2.11 bits per heavy atom. The van der Waals surface area contributed by atoms with E-state index in [-0.39, 0.29) is 5.41 Å². The van der Waals surface area contributed by atoms with Gasteiger partial charge < -0.3 is 10.6 Å². The van der Waals surface area contributed by atoms with Crippen LogP contribution in [-0.2, 0) is 0 Å². The molecule has 2 N–H and O–H groups in total. The number of hydrogen-bond acceptors (Lipinski definition) is 2. The topological polar surface area (TPSA) is 24.1 Å². The molecule has 52 valence electrons. The summed E-state index contributed by atoms with van der Waals surface area (Å²) < 4.78 is 0. The normalized spacial score (nSPS) is 18.3. The number of allylic oxidation sites excluding steroid dienone is 1. The van der Waals surface area contributed by atoms with Gasteiger partial charge in [-0.05, 0) is 0 Å². The standard InChI is InChI=1S/C7H14N2/c1-7(2,3)6-4-8-5-9-6/h4,8-9H,5H2,1-3H3. The molecular weight excluding hydrogens is 112 g/mol. The van der Waals surface area contributed by atoms with Crippen molar-refractivity contribution < 1.29 is 0 Å². The van der Waals surface area contributed by atoms with E-state index in [1.165, 1.54) is 5.70 Å². The van der Waals surface area contributed by atoms with Crippen molar-refractivity contribution in [2.75, 3.05) is 6.67 Å². The molecule has 0 aliphatic carbocycles. The maximum absolute atomic E-state index is 3.25. The Morgan fingerprint density at radius 1 is 1.44 bits per heavy atom. The summed E-state index contributed by atoms with van der Waals surface area (Å²) >= 11 is 0. The van der Waals surface area contributed by atoms with Crippen molar-refractivity contribution in [1.29, 1.82) is 0 Å². The predicted octanol–water partition coefficient (Wildman–Crippen LogP) is 1.02. The molecule has 0 saturated heterocycles. The van der Waals surface area contributed by atoms with E-state index in [4.69, 9.17) is 0 Å². The second-order valence-electron chi connectivity index (χ2n) is 3.37. The number of nitrogens with one attached hydrogen (secondary N) is 2. The summed E-state index contributed by atoms with van der Waals surface area (Å²) in [6, 6.07) is 0. The first-order chi connectivity index (χ1) is 4.11. The molecule has 1 rings (SSSR count). The summed E-state index contributed by atoms with van der Waals surface area (Å²) in [5.74, 6) is 0. The number of hydrogen-bond donors (Lipinski definition) is 2. The Bertz CT molecular complexity index is 130. The molecule has 0 unspecified atom stereocenters. The molecular formula is C7H14N2. The molecule has 9 heavy (non-hydrogen) atoms. The van der Waals surface area contributed by atoms with Crippen molar-refractivity contribution in [3.63, 3.8) is 0 Å². The maximum Gasteiger partial charge on any atom is 0.0843 e. The highest BCUT2D eigenvalue weighted by molar-refractivity contribution is 5.10. The van der Waals surface area contributed by atoms with Gasteiger partial charge in [-0.25, -0.2) is 0 Å². The van der Waals surface area contributed by atoms with Gasteiger partial charge in [0.25, 0.3) is 0 Å². The van der Waals surface area contributed by atoms with E-state index in [9.17, 15) is 0 Å². The third-order valence-corrected chi connectivity index (χ3v) is 1.44. The van der Waals surface area contributed by atoms with Crippen LogP contribution < -0.4 is 10.6 Å². The Hall–Kier alpha value is -0.660. The van der Waals surface area contributed by atoms with E-state index in [1.54, 1.807) is 0 Å². The Kier molecular flexibility index (Phi) is 1.39. The highest BCUT2D eigenvalue weighted by atomic mass is 15.1. The first kappa shape index (κ1) is 6.46. The zero-order valence-corrected chi connectivity index (χ0v) is 6.28. The van der Waals surface area contributed by atoms with Crippen molar-refractivity contribution in [2.45, 2.75) is 20.8 Å². The van der Waals surface area contributed by atoms with Crippen molar-refractivity contribution in [3.8, 4) is 0 Å². The minimum atomic E-state index is 0.267. The molecule has 1 aliphatic rings. The van der Waals surface area contributed by atoms with E-state index in [0.717, 1.165) is 6.67 Å². The van der Waals surface area contributed by atoms with Gasteiger partial charge in [0.2, 0.25) is 0 Å². The van der Waals surface area contributed by atoms with Crippen molar-refractivity contribution in [2.24, 2.45) is 5.41 Å². The fourth-order valence-electron chi connectivity index (χ4n) is 0.832. The molecule has 1 heterocycles. The molecule has 0 aromatic rings. The molecule has 0 aromatic carbocycles. The lowest BCUT2D eigenvalue weighted by molar-refractivity contribution is 0.473. The smallest absolute Gasteiger partial charge is 0.0843 e. The molecule has 0 fully saturated rings. The fraction of sp³-hybridized carbons (Fsp3) is 0.714. The van der Waals surface area contributed by atoms with Gasteiger partial charge in [0.1, 0.15) is 0 Å². The molecule has 0 spiro atoms. The molecule has 0 aromatic heterocycles. The second kappa shape index (κ2) is 1.94. The summed E-state index contributed by atoms with van der Waals surface area (Å²) in [6.07, 6.45) is 2.04. The number of rotatable bonds is 0. The van der Waals surface area contributed by atoms with E-state index < -0.39 is 0 Å². The molecule has 1 aliphatic heterocycles. The minimum Gasteiger partial charge on any atom is -0.372 e. The third kappa shape index (κ3) is 1.37. The zero-order chi connectivity index (χ0) is 6.91. The van der Waals surface area contributed by atoms with Gasteiger partial charge in [-0.15, -0.1) is 0 Å². The molecule has 0 saturated carbocycles. The lowest BCUT2D eigenvalue weighted by atomic mass is 9.93. The Morgan fingerprint density at radius 3 is 2.33 bits per heavy atom. The van der Waals surface area contributed by atoms with E-state index >= 15 is 0 Å². The SMILES string of the molecule is CC(C)(C)C1=CNCN1. The fourth-order valence-corrected chi connectivity index (χ4v) is 0.832. The van der Waals surface area contributed by atoms with Crippen LogP contribution in [0.25, 0.3) is 0 Å². The largest absolute Gasteiger partial charge is 0.372 e. The third-order valence-electron chi connectivity index (χ3n) is 1.44. The summed E-state index contributed by atoms with van der Waals surface area (Å²) in [5.41, 5.74) is 1.56. The minimum absolute atomic E-state index is 0.267. The lowest BCUT2D eigenvalue weighted by Crippen LogP contribution is -2.21. The van der Waals surface area contributed by atoms with Crippen LogP contribution in [0.4, 0.5) is 0 Å². The van der Waals surface area contributed by atoms with Gasteiger partial charge in [0, 0.05) is 17.3 Å². The predicted molar refractivity (Wildman–Crippen MR) is 38.7 cm³/mol. The molecule has 2 heteroatoms. The highest BCUT2D eigenvalue weighted by Gasteiger charge is 2.18. The van der Waals surface area contributed by atoms with Crippen molar-refractivity contribution in [3.05, 3.63) is 11.9 Å². The van der Waals surface area contributed by atoms with Crippen LogP contribution in [0.15, 0.2) is 11.9 Å². The van der Waals surface area contributed by atoms with Gasteiger partial charge in [0.05, 0.1) is 6.67 Å². The van der Waals surface area contributed by atoms with Crippen LogP contribution >= 0.6 is 0 Å². The monoisotopic (exact) mass is 126 g/mol. The van der Waals surface area contributed by atoms with Crippen LogP contribution in [0.2, 0.25) is 0 Å². The molecule has 0 amide bonds. The summed E-state index contributed by atoms with van der Waals surface area (Å²) in [4.78, 5) is 0. The summed E-state index contributed by atoms with van der Waals surface area (Å²) in [7, 11) is 0. The average molecular weight is 126 g/mol. The molecule has 0 atom stereocenters. The van der Waals surface area contributed by atoms with Crippen LogP contribution in [0.1, 0.15) is 20.8 Å². The summed E-state index contributed by atoms with van der Waals surface area (Å²) in [6.45, 7) is 7.46. The van der Waals surface area contributed by atoms with Gasteiger partial charge >= 0.3 is 0 Å². The van der Waals surface area contributed by atoms with Crippen LogP contribution in [0.3, 0.4) is 0 Å². The van der Waals surface area contributed by atoms with Crippen LogP contribution in [0.5, 0.6) is 0 Å². The maximum atomic E-state index is 3.25. The van der Waals surface area contributed by atoms with Gasteiger partial charge in [-0.2, -0.15) is 0 Å². The van der Waals surface area contributed by atoms with Crippen LogP contribution in [0, 0.1) is 5.41 Å². The van der Waals surface area contributed by atoms with E-state index in [1.807, 2.05) is 6.20 Å². The zero-order valence-electron chi connectivity index (χ0n) is 6.28. The quantitative estimate of drug-likeness (QED) is 0.506. The van der Waals surface area contributed by atoms with Crippen molar-refractivity contribution >= 4 is 0 Å².